The van der Waals surface area contributed by atoms with E-state index in [9.17, 15) is 40.0 Å². The van der Waals surface area contributed by atoms with Gasteiger partial charge in [-0.2, -0.15) is 0 Å². The number of carboxylic acids is 2. The van der Waals surface area contributed by atoms with E-state index >= 15 is 0 Å². The highest BCUT2D eigenvalue weighted by molar-refractivity contribution is 6.15. The Morgan fingerprint density at radius 1 is 0.963 bits per heavy atom. The molecule has 1 aliphatic carbocycles. The van der Waals surface area contributed by atoms with Crippen LogP contribution in [0.15, 0.2) is 24.3 Å². The predicted octanol–water partition coefficient (Wildman–Crippen LogP) is 2.56. The number of fused-ring (bicyclic) bond motifs is 3. The van der Waals surface area contributed by atoms with E-state index in [4.69, 9.17) is 0 Å². The molecule has 0 saturated heterocycles. The van der Waals surface area contributed by atoms with Crippen molar-refractivity contribution in [3.63, 3.8) is 0 Å². The molecule has 0 spiro atoms. The van der Waals surface area contributed by atoms with Gasteiger partial charge in [-0.1, -0.05) is 0 Å². The molecule has 0 radical (unpaired) electrons. The number of hydrogen-bond donors (Lipinski definition) is 2. The molecule has 1 aliphatic rings. The molecule has 0 unspecified atom stereocenters. The van der Waals surface area contributed by atoms with Crippen LogP contribution in [0.1, 0.15) is 22.3 Å². The second kappa shape index (κ2) is 5.59. The molecule has 138 valence electrons. The van der Waals surface area contributed by atoms with E-state index < -0.39 is 32.9 Å². The van der Waals surface area contributed by atoms with Crippen molar-refractivity contribution >= 4 is 23.3 Å². The summed E-state index contributed by atoms with van der Waals surface area (Å²) in [6.45, 7) is 2.74. The first kappa shape index (κ1) is 18.0. The summed E-state index contributed by atoms with van der Waals surface area (Å²) in [5.41, 5.74) is -3.58. The van der Waals surface area contributed by atoms with Crippen molar-refractivity contribution in [2.75, 3.05) is 0 Å². The largest absolute Gasteiger partial charge is 0.480 e. The smallest absolute Gasteiger partial charge is 0.330 e. The number of nitrogens with zero attached hydrogens (tertiary/aromatic N) is 2. The van der Waals surface area contributed by atoms with Gasteiger partial charge in [-0.3, -0.25) is 29.8 Å². The van der Waals surface area contributed by atoms with E-state index in [1.54, 1.807) is 0 Å². The van der Waals surface area contributed by atoms with Gasteiger partial charge in [0.25, 0.3) is 11.4 Å². The number of aryl methyl sites for hydroxylation is 1. The lowest BCUT2D eigenvalue weighted by molar-refractivity contribution is -0.386. The van der Waals surface area contributed by atoms with Crippen molar-refractivity contribution in [2.24, 2.45) is 0 Å². The van der Waals surface area contributed by atoms with Crippen LogP contribution in [0.4, 0.5) is 11.4 Å². The minimum Gasteiger partial charge on any atom is -0.480 e. The van der Waals surface area contributed by atoms with Crippen LogP contribution >= 0.6 is 0 Å². The topological polar surface area (TPSA) is 161 Å². The quantitative estimate of drug-likeness (QED) is 0.470. The number of nitro groups is 2. The Bertz CT molecular complexity index is 1060. The standard InChI is InChI=1S/C17H12N2O8/c1-7-5-11-10-4-3-9(18(24)25)6-12(10)17(15(20)21,16(22)23)13(11)8(2)14(7)19(26)27/h3-6H,1-2H3,(H,20,21)(H,22,23). The summed E-state index contributed by atoms with van der Waals surface area (Å²) in [4.78, 5) is 45.4. The fourth-order valence-corrected chi connectivity index (χ4v) is 3.81. The highest BCUT2D eigenvalue weighted by Crippen LogP contribution is 2.53. The number of non-ortho nitro benzene ring substituents is 1. The van der Waals surface area contributed by atoms with Crippen molar-refractivity contribution in [3.05, 3.63) is 66.7 Å². The van der Waals surface area contributed by atoms with Crippen LogP contribution in [0.5, 0.6) is 0 Å². The molecule has 2 aromatic carbocycles. The number of aliphatic carboxylic acids is 2. The van der Waals surface area contributed by atoms with Gasteiger partial charge in [0.15, 0.2) is 0 Å². The van der Waals surface area contributed by atoms with E-state index in [1.165, 1.54) is 26.0 Å². The molecule has 10 nitrogen and oxygen atoms in total. The van der Waals surface area contributed by atoms with Gasteiger partial charge in [0.1, 0.15) is 0 Å². The van der Waals surface area contributed by atoms with Gasteiger partial charge < -0.3 is 10.2 Å². The fourth-order valence-electron chi connectivity index (χ4n) is 3.81. The van der Waals surface area contributed by atoms with Gasteiger partial charge in [0.05, 0.1) is 9.85 Å². The summed E-state index contributed by atoms with van der Waals surface area (Å²) < 4.78 is 0. The molecule has 0 amide bonds. The summed E-state index contributed by atoms with van der Waals surface area (Å²) in [5.74, 6) is -3.56. The molecule has 0 fully saturated rings. The zero-order valence-corrected chi connectivity index (χ0v) is 14.0. The molecular formula is C17H12N2O8. The second-order valence-corrected chi connectivity index (χ2v) is 6.19. The summed E-state index contributed by atoms with van der Waals surface area (Å²) in [6.07, 6.45) is 0. The van der Waals surface area contributed by atoms with Crippen LogP contribution < -0.4 is 0 Å². The first-order chi connectivity index (χ1) is 12.5. The number of hydrogen-bond acceptors (Lipinski definition) is 6. The maximum atomic E-state index is 12.2. The maximum Gasteiger partial charge on any atom is 0.330 e. The third-order valence-electron chi connectivity index (χ3n) is 4.84. The summed E-state index contributed by atoms with van der Waals surface area (Å²) >= 11 is 0. The molecule has 2 N–H and O–H groups in total. The Hall–Kier alpha value is -3.82. The average molecular weight is 372 g/mol. The van der Waals surface area contributed by atoms with Gasteiger partial charge in [-0.05, 0) is 42.7 Å². The SMILES string of the molecule is Cc1cc2c(c(C)c1[N+](=O)[O-])C(C(=O)O)(C(=O)O)c1cc([N+](=O)[O-])ccc1-2. The molecular weight excluding hydrogens is 360 g/mol. The van der Waals surface area contributed by atoms with E-state index in [2.05, 4.69) is 0 Å². The third kappa shape index (κ3) is 2.13. The van der Waals surface area contributed by atoms with Crippen LogP contribution in [-0.2, 0) is 15.0 Å². The summed E-state index contributed by atoms with van der Waals surface area (Å²) in [5, 5.41) is 42.3. The van der Waals surface area contributed by atoms with Crippen LogP contribution in [0.25, 0.3) is 11.1 Å². The Morgan fingerprint density at radius 3 is 2.04 bits per heavy atom. The van der Waals surface area contributed by atoms with Crippen molar-refractivity contribution in [2.45, 2.75) is 19.3 Å². The number of rotatable bonds is 4. The minimum atomic E-state index is -2.68. The molecule has 0 bridgehead atoms. The van der Waals surface area contributed by atoms with Gasteiger partial charge in [0.2, 0.25) is 5.41 Å². The fraction of sp³-hybridized carbons (Fsp3) is 0.176. The molecule has 10 heteroatoms. The van der Waals surface area contributed by atoms with Gasteiger partial charge in [-0.15, -0.1) is 0 Å². The van der Waals surface area contributed by atoms with E-state index in [1.807, 2.05) is 0 Å². The first-order valence-corrected chi connectivity index (χ1v) is 7.60. The van der Waals surface area contributed by atoms with Crippen LogP contribution in [0.3, 0.4) is 0 Å². The van der Waals surface area contributed by atoms with E-state index in [0.717, 1.165) is 12.1 Å². The Morgan fingerprint density at radius 2 is 1.56 bits per heavy atom. The van der Waals surface area contributed by atoms with E-state index in [0.29, 0.717) is 0 Å². The normalized spacial score (nSPS) is 13.6. The van der Waals surface area contributed by atoms with Crippen molar-refractivity contribution < 1.29 is 29.6 Å². The number of carboxylic acid groups (broad SMARTS) is 2. The lowest BCUT2D eigenvalue weighted by Crippen LogP contribution is -2.43. The molecule has 2 aromatic rings. The Balaban J connectivity index is 2.57. The summed E-state index contributed by atoms with van der Waals surface area (Å²) in [7, 11) is 0. The minimum absolute atomic E-state index is 0.0985. The van der Waals surface area contributed by atoms with Gasteiger partial charge >= 0.3 is 11.9 Å². The molecule has 0 heterocycles. The van der Waals surface area contributed by atoms with Gasteiger partial charge in [-0.25, -0.2) is 0 Å². The molecule has 27 heavy (non-hydrogen) atoms. The highest BCUT2D eigenvalue weighted by atomic mass is 16.6. The zero-order valence-electron chi connectivity index (χ0n) is 14.0. The third-order valence-corrected chi connectivity index (χ3v) is 4.84. The van der Waals surface area contributed by atoms with Crippen molar-refractivity contribution in [1.29, 1.82) is 0 Å². The molecule has 0 saturated carbocycles. The van der Waals surface area contributed by atoms with Gasteiger partial charge in [0, 0.05) is 28.8 Å². The molecule has 0 aromatic heterocycles. The Kier molecular flexibility index (Phi) is 3.73. The molecule has 0 aliphatic heterocycles. The first-order valence-electron chi connectivity index (χ1n) is 7.60. The Labute approximate surface area is 151 Å². The summed E-state index contributed by atoms with van der Waals surface area (Å²) in [6, 6.07) is 4.65. The maximum absolute atomic E-state index is 12.2. The second-order valence-electron chi connectivity index (χ2n) is 6.19. The monoisotopic (exact) mass is 372 g/mol. The zero-order chi connectivity index (χ0) is 20.3. The lowest BCUT2D eigenvalue weighted by Gasteiger charge is -2.23. The van der Waals surface area contributed by atoms with Crippen LogP contribution in [0.2, 0.25) is 0 Å². The average Bonchev–Trinajstić information content (AvgIpc) is 2.85. The number of carbonyl (C=O) groups is 2. The lowest BCUT2D eigenvalue weighted by atomic mass is 9.76. The van der Waals surface area contributed by atoms with Crippen LogP contribution in [0, 0.1) is 34.1 Å². The predicted molar refractivity (Wildman–Crippen MR) is 90.7 cm³/mol. The van der Waals surface area contributed by atoms with Crippen LogP contribution in [-0.4, -0.2) is 32.0 Å². The number of nitro benzene ring substituents is 2. The van der Waals surface area contributed by atoms with Crippen molar-refractivity contribution in [1.82, 2.24) is 0 Å². The molecule has 3 rings (SSSR count). The van der Waals surface area contributed by atoms with E-state index in [-0.39, 0.29) is 39.1 Å². The highest BCUT2D eigenvalue weighted by Gasteiger charge is 2.58. The number of benzene rings is 2. The molecule has 0 atom stereocenters. The van der Waals surface area contributed by atoms with Crippen molar-refractivity contribution in [3.8, 4) is 11.1 Å².